The van der Waals surface area contributed by atoms with Gasteiger partial charge in [-0.3, -0.25) is 4.79 Å². The highest BCUT2D eigenvalue weighted by Gasteiger charge is 2.24. The number of carbonyl (C=O) groups is 1. The van der Waals surface area contributed by atoms with Gasteiger partial charge in [0.05, 0.1) is 16.1 Å². The fourth-order valence-electron chi connectivity index (χ4n) is 1.23. The molecule has 0 aromatic heterocycles. The van der Waals surface area contributed by atoms with Gasteiger partial charge in [0.15, 0.2) is 0 Å². The van der Waals surface area contributed by atoms with Gasteiger partial charge in [-0.25, -0.2) is 4.39 Å². The summed E-state index contributed by atoms with van der Waals surface area (Å²) in [5, 5.41) is 2.88. The van der Waals surface area contributed by atoms with Gasteiger partial charge in [-0.2, -0.15) is 0 Å². The first-order chi connectivity index (χ1) is 7.91. The monoisotopic (exact) mass is 277 g/mol. The quantitative estimate of drug-likeness (QED) is 0.837. The molecule has 0 spiro atoms. The normalized spacial score (nSPS) is 14.2. The van der Waals surface area contributed by atoms with Crippen LogP contribution in [0.1, 0.15) is 30.6 Å². The number of nitrogens with one attached hydrogen (secondary N) is 1. The third-order valence-electron chi connectivity index (χ3n) is 2.67. The van der Waals surface area contributed by atoms with Crippen molar-refractivity contribution in [3.05, 3.63) is 34.6 Å². The Labute approximate surface area is 110 Å². The number of carbonyl (C=O) groups excluding carboxylic acids is 1. The lowest BCUT2D eigenvalue weighted by Gasteiger charge is -2.27. The van der Waals surface area contributed by atoms with Crippen molar-refractivity contribution in [1.82, 2.24) is 5.32 Å². The maximum Gasteiger partial charge on any atom is 0.253 e. The molecule has 17 heavy (non-hydrogen) atoms. The smallest absolute Gasteiger partial charge is 0.253 e. The van der Waals surface area contributed by atoms with Crippen molar-refractivity contribution in [2.75, 3.05) is 5.88 Å². The number of rotatable bonds is 4. The van der Waals surface area contributed by atoms with Crippen LogP contribution in [-0.4, -0.2) is 17.3 Å². The third kappa shape index (κ3) is 3.58. The minimum atomic E-state index is -0.490. The Hall–Kier alpha value is -0.800. The lowest BCUT2D eigenvalue weighted by Crippen LogP contribution is -2.47. The lowest BCUT2D eigenvalue weighted by molar-refractivity contribution is 0.0912. The van der Waals surface area contributed by atoms with E-state index in [1.807, 2.05) is 13.8 Å². The van der Waals surface area contributed by atoms with Crippen LogP contribution in [0, 0.1) is 5.82 Å². The van der Waals surface area contributed by atoms with Gasteiger partial charge in [-0.1, -0.05) is 18.5 Å². The fraction of sp³-hybridized carbons (Fsp3) is 0.417. The topological polar surface area (TPSA) is 29.1 Å². The SMILES string of the molecule is CCC(C)(CCl)NC(=O)c1ccc(F)cc1Cl. The molecule has 1 aromatic carbocycles. The van der Waals surface area contributed by atoms with Crippen LogP contribution < -0.4 is 5.32 Å². The molecule has 2 nitrogen and oxygen atoms in total. The average Bonchev–Trinajstić information content (AvgIpc) is 2.28. The Bertz CT molecular complexity index is 419. The summed E-state index contributed by atoms with van der Waals surface area (Å²) in [6.07, 6.45) is 0.695. The maximum absolute atomic E-state index is 12.8. The van der Waals surface area contributed by atoms with Gasteiger partial charge in [0, 0.05) is 5.88 Å². The minimum absolute atomic E-state index is 0.0931. The average molecular weight is 278 g/mol. The molecule has 0 aliphatic rings. The van der Waals surface area contributed by atoms with Gasteiger partial charge in [0.1, 0.15) is 5.82 Å². The Balaban J connectivity index is 2.90. The minimum Gasteiger partial charge on any atom is -0.346 e. The van der Waals surface area contributed by atoms with E-state index >= 15 is 0 Å². The van der Waals surface area contributed by atoms with E-state index in [2.05, 4.69) is 5.32 Å². The zero-order valence-electron chi connectivity index (χ0n) is 9.69. The van der Waals surface area contributed by atoms with Crippen LogP contribution in [-0.2, 0) is 0 Å². The molecule has 0 saturated carbocycles. The second-order valence-electron chi connectivity index (χ2n) is 4.13. The van der Waals surface area contributed by atoms with E-state index in [4.69, 9.17) is 23.2 Å². The maximum atomic E-state index is 12.8. The first kappa shape index (κ1) is 14.3. The molecule has 1 unspecified atom stereocenters. The van der Waals surface area contributed by atoms with Crippen molar-refractivity contribution >= 4 is 29.1 Å². The lowest BCUT2D eigenvalue weighted by atomic mass is 10.0. The second kappa shape index (κ2) is 5.69. The first-order valence-electron chi connectivity index (χ1n) is 5.25. The van der Waals surface area contributed by atoms with Crippen molar-refractivity contribution < 1.29 is 9.18 Å². The molecular weight excluding hydrogens is 264 g/mol. The summed E-state index contributed by atoms with van der Waals surface area (Å²) in [6, 6.07) is 3.67. The van der Waals surface area contributed by atoms with Gasteiger partial charge in [0.25, 0.3) is 5.91 Å². The molecule has 1 N–H and O–H groups in total. The van der Waals surface area contributed by atoms with E-state index in [1.165, 1.54) is 12.1 Å². The van der Waals surface area contributed by atoms with E-state index in [-0.39, 0.29) is 16.5 Å². The summed E-state index contributed by atoms with van der Waals surface area (Å²) in [6.45, 7) is 3.77. The van der Waals surface area contributed by atoms with Gasteiger partial charge in [-0.15, -0.1) is 11.6 Å². The molecule has 0 aliphatic carbocycles. The summed E-state index contributed by atoms with van der Waals surface area (Å²) in [4.78, 5) is 11.9. The van der Waals surface area contributed by atoms with E-state index in [9.17, 15) is 9.18 Å². The van der Waals surface area contributed by atoms with Crippen molar-refractivity contribution in [3.8, 4) is 0 Å². The standard InChI is InChI=1S/C12H14Cl2FNO/c1-3-12(2,7-13)16-11(17)9-5-4-8(15)6-10(9)14/h4-6H,3,7H2,1-2H3,(H,16,17). The summed E-state index contributed by atoms with van der Waals surface area (Å²) in [5.74, 6) is -0.518. The molecule has 0 bridgehead atoms. The highest BCUT2D eigenvalue weighted by atomic mass is 35.5. The van der Waals surface area contributed by atoms with Gasteiger partial charge < -0.3 is 5.32 Å². The Morgan fingerprint density at radius 1 is 1.53 bits per heavy atom. The molecule has 94 valence electrons. The molecule has 0 radical (unpaired) electrons. The van der Waals surface area contributed by atoms with Crippen molar-refractivity contribution in [1.29, 1.82) is 0 Å². The summed E-state index contributed by atoms with van der Waals surface area (Å²) >= 11 is 11.6. The van der Waals surface area contributed by atoms with Gasteiger partial charge in [0.2, 0.25) is 0 Å². The molecule has 1 amide bonds. The van der Waals surface area contributed by atoms with Crippen LogP contribution in [0.5, 0.6) is 0 Å². The first-order valence-corrected chi connectivity index (χ1v) is 6.16. The molecule has 1 atom stereocenters. The van der Waals surface area contributed by atoms with Crippen molar-refractivity contribution in [2.45, 2.75) is 25.8 Å². The van der Waals surface area contributed by atoms with E-state index in [0.29, 0.717) is 12.3 Å². The van der Waals surface area contributed by atoms with Crippen LogP contribution in [0.15, 0.2) is 18.2 Å². The molecule has 0 aliphatic heterocycles. The molecule has 1 rings (SSSR count). The molecular formula is C12H14Cl2FNO. The molecule has 1 aromatic rings. The summed E-state index contributed by atoms with van der Waals surface area (Å²) in [7, 11) is 0. The second-order valence-corrected chi connectivity index (χ2v) is 4.80. The van der Waals surface area contributed by atoms with Crippen LogP contribution in [0.25, 0.3) is 0 Å². The van der Waals surface area contributed by atoms with Crippen molar-refractivity contribution in [2.24, 2.45) is 0 Å². The van der Waals surface area contributed by atoms with E-state index in [0.717, 1.165) is 6.07 Å². The van der Waals surface area contributed by atoms with Crippen LogP contribution in [0.3, 0.4) is 0 Å². The molecule has 0 saturated heterocycles. The summed E-state index contributed by atoms with van der Waals surface area (Å²) < 4.78 is 12.8. The predicted octanol–water partition coefficient (Wildman–Crippen LogP) is 3.62. The number of benzene rings is 1. The summed E-state index contributed by atoms with van der Waals surface area (Å²) in [5.41, 5.74) is -0.242. The van der Waals surface area contributed by atoms with Gasteiger partial charge >= 0.3 is 0 Å². The predicted molar refractivity (Wildman–Crippen MR) is 68.3 cm³/mol. The number of alkyl halides is 1. The Morgan fingerprint density at radius 2 is 2.18 bits per heavy atom. The number of hydrogen-bond acceptors (Lipinski definition) is 1. The number of amides is 1. The van der Waals surface area contributed by atoms with Gasteiger partial charge in [-0.05, 0) is 31.5 Å². The highest BCUT2D eigenvalue weighted by Crippen LogP contribution is 2.19. The zero-order valence-corrected chi connectivity index (χ0v) is 11.2. The third-order valence-corrected chi connectivity index (χ3v) is 3.57. The van der Waals surface area contributed by atoms with Crippen LogP contribution >= 0.6 is 23.2 Å². The Morgan fingerprint density at radius 3 is 2.65 bits per heavy atom. The zero-order chi connectivity index (χ0) is 13.1. The Kier molecular flexibility index (Phi) is 4.78. The largest absolute Gasteiger partial charge is 0.346 e. The van der Waals surface area contributed by atoms with Crippen molar-refractivity contribution in [3.63, 3.8) is 0 Å². The fourth-order valence-corrected chi connectivity index (χ4v) is 1.74. The highest BCUT2D eigenvalue weighted by molar-refractivity contribution is 6.33. The number of halogens is 3. The van der Waals surface area contributed by atoms with E-state index in [1.54, 1.807) is 0 Å². The van der Waals surface area contributed by atoms with E-state index < -0.39 is 11.4 Å². The molecule has 5 heteroatoms. The number of hydrogen-bond donors (Lipinski definition) is 1. The van der Waals surface area contributed by atoms with Crippen LogP contribution in [0.4, 0.5) is 4.39 Å². The molecule has 0 heterocycles. The molecule has 0 fully saturated rings. The van der Waals surface area contributed by atoms with Crippen LogP contribution in [0.2, 0.25) is 5.02 Å².